The van der Waals surface area contributed by atoms with Gasteiger partial charge in [-0.25, -0.2) is 0 Å². The Morgan fingerprint density at radius 3 is 2.68 bits per heavy atom. The van der Waals surface area contributed by atoms with Crippen molar-refractivity contribution in [1.82, 2.24) is 5.32 Å². The van der Waals surface area contributed by atoms with Gasteiger partial charge >= 0.3 is 0 Å². The van der Waals surface area contributed by atoms with Crippen LogP contribution in [0.25, 0.3) is 0 Å². The minimum absolute atomic E-state index is 0.668. The number of guanidine groups is 1. The van der Waals surface area contributed by atoms with Crippen LogP contribution in [0.5, 0.6) is 11.5 Å². The Hall–Kier alpha value is -2.73. The topological polar surface area (TPSA) is 64.1 Å². The van der Waals surface area contributed by atoms with Crippen molar-refractivity contribution in [2.45, 2.75) is 25.9 Å². The molecule has 150 valence electrons. The number of aliphatic imine (C=N–C) groups is 1. The third-order valence-electron chi connectivity index (χ3n) is 4.35. The molecule has 6 heteroatoms. The highest BCUT2D eigenvalue weighted by atomic mass is 16.5. The van der Waals surface area contributed by atoms with Gasteiger partial charge in [0.1, 0.15) is 0 Å². The number of hydrogen-bond donors (Lipinski definition) is 2. The molecule has 0 saturated heterocycles. The fourth-order valence-corrected chi connectivity index (χ4v) is 2.86. The van der Waals surface area contributed by atoms with E-state index in [1.54, 1.807) is 7.05 Å². The molecular formula is C22H29N3O3. The molecule has 0 fully saturated rings. The summed E-state index contributed by atoms with van der Waals surface area (Å²) in [6.45, 7) is 3.62. The molecule has 2 aromatic carbocycles. The molecule has 0 saturated carbocycles. The molecule has 2 N–H and O–H groups in total. The van der Waals surface area contributed by atoms with E-state index < -0.39 is 0 Å². The fraction of sp³-hybridized carbons (Fsp3) is 0.409. The molecule has 3 rings (SSSR count). The van der Waals surface area contributed by atoms with Gasteiger partial charge in [-0.15, -0.1) is 0 Å². The Morgan fingerprint density at radius 2 is 1.86 bits per heavy atom. The van der Waals surface area contributed by atoms with Crippen LogP contribution in [0.4, 0.5) is 5.69 Å². The van der Waals surface area contributed by atoms with Gasteiger partial charge < -0.3 is 24.8 Å². The van der Waals surface area contributed by atoms with Gasteiger partial charge in [0, 0.05) is 38.4 Å². The second-order valence-corrected chi connectivity index (χ2v) is 6.58. The highest BCUT2D eigenvalue weighted by Crippen LogP contribution is 2.32. The second kappa shape index (κ2) is 11.2. The zero-order valence-corrected chi connectivity index (χ0v) is 16.4. The van der Waals surface area contributed by atoms with Crippen molar-refractivity contribution in [2.24, 2.45) is 4.99 Å². The Morgan fingerprint density at radius 1 is 1.04 bits per heavy atom. The van der Waals surface area contributed by atoms with Crippen molar-refractivity contribution in [3.8, 4) is 11.5 Å². The van der Waals surface area contributed by atoms with Crippen molar-refractivity contribution >= 4 is 11.6 Å². The SMILES string of the molecule is CN=C(NCCCCOCc1ccccc1)Nc1ccc2c(c1)OCCCO2. The maximum absolute atomic E-state index is 5.73. The Kier molecular flexibility index (Phi) is 8.00. The average Bonchev–Trinajstić information content (AvgIpc) is 2.98. The van der Waals surface area contributed by atoms with Gasteiger partial charge in [-0.1, -0.05) is 30.3 Å². The molecule has 0 bridgehead atoms. The van der Waals surface area contributed by atoms with Crippen LogP contribution < -0.4 is 20.1 Å². The summed E-state index contributed by atoms with van der Waals surface area (Å²) in [6, 6.07) is 16.1. The largest absolute Gasteiger partial charge is 0.490 e. The predicted molar refractivity (Wildman–Crippen MR) is 112 cm³/mol. The minimum atomic E-state index is 0.668. The van der Waals surface area contributed by atoms with E-state index in [0.717, 1.165) is 55.6 Å². The van der Waals surface area contributed by atoms with Crippen LogP contribution in [-0.2, 0) is 11.3 Å². The van der Waals surface area contributed by atoms with Gasteiger partial charge in [-0.05, 0) is 30.5 Å². The van der Waals surface area contributed by atoms with Gasteiger partial charge in [0.25, 0.3) is 0 Å². The highest BCUT2D eigenvalue weighted by molar-refractivity contribution is 5.93. The van der Waals surface area contributed by atoms with Crippen LogP contribution >= 0.6 is 0 Å². The summed E-state index contributed by atoms with van der Waals surface area (Å²) in [5, 5.41) is 6.63. The number of rotatable bonds is 8. The van der Waals surface area contributed by atoms with Gasteiger partial charge in [-0.3, -0.25) is 4.99 Å². The van der Waals surface area contributed by atoms with Crippen LogP contribution in [-0.4, -0.2) is 39.4 Å². The predicted octanol–water partition coefficient (Wildman–Crippen LogP) is 3.83. The zero-order chi connectivity index (χ0) is 19.4. The average molecular weight is 383 g/mol. The number of nitrogens with one attached hydrogen (secondary N) is 2. The number of anilines is 1. The van der Waals surface area contributed by atoms with Crippen molar-refractivity contribution in [3.63, 3.8) is 0 Å². The van der Waals surface area contributed by atoms with E-state index in [0.29, 0.717) is 19.8 Å². The van der Waals surface area contributed by atoms with E-state index in [2.05, 4.69) is 27.8 Å². The van der Waals surface area contributed by atoms with E-state index in [4.69, 9.17) is 14.2 Å². The van der Waals surface area contributed by atoms with Crippen molar-refractivity contribution < 1.29 is 14.2 Å². The van der Waals surface area contributed by atoms with E-state index in [1.807, 2.05) is 36.4 Å². The molecule has 0 spiro atoms. The third-order valence-corrected chi connectivity index (χ3v) is 4.35. The third kappa shape index (κ3) is 6.46. The van der Waals surface area contributed by atoms with Gasteiger partial charge in [0.2, 0.25) is 0 Å². The fourth-order valence-electron chi connectivity index (χ4n) is 2.86. The summed E-state index contributed by atoms with van der Waals surface area (Å²) < 4.78 is 17.1. The van der Waals surface area contributed by atoms with E-state index in [-0.39, 0.29) is 0 Å². The van der Waals surface area contributed by atoms with Gasteiger partial charge in [-0.2, -0.15) is 0 Å². The molecule has 6 nitrogen and oxygen atoms in total. The first-order chi connectivity index (χ1) is 13.8. The molecular weight excluding hydrogens is 354 g/mol. The normalized spacial score (nSPS) is 13.7. The van der Waals surface area contributed by atoms with E-state index in [9.17, 15) is 0 Å². The number of fused-ring (bicyclic) bond motifs is 1. The molecule has 28 heavy (non-hydrogen) atoms. The lowest BCUT2D eigenvalue weighted by Crippen LogP contribution is -2.31. The van der Waals surface area contributed by atoms with Crippen LogP contribution in [0.15, 0.2) is 53.5 Å². The molecule has 1 heterocycles. The first-order valence-corrected chi connectivity index (χ1v) is 9.84. The van der Waals surface area contributed by atoms with Crippen LogP contribution in [0.3, 0.4) is 0 Å². The first-order valence-electron chi connectivity index (χ1n) is 9.84. The van der Waals surface area contributed by atoms with E-state index >= 15 is 0 Å². The first kappa shape index (κ1) is 20.0. The molecule has 1 aliphatic rings. The van der Waals surface area contributed by atoms with Crippen LogP contribution in [0.2, 0.25) is 0 Å². The van der Waals surface area contributed by atoms with Gasteiger partial charge in [0.05, 0.1) is 19.8 Å². The van der Waals surface area contributed by atoms with Crippen LogP contribution in [0.1, 0.15) is 24.8 Å². The molecule has 1 aliphatic heterocycles. The summed E-state index contributed by atoms with van der Waals surface area (Å²) >= 11 is 0. The Balaban J connectivity index is 1.34. The van der Waals surface area contributed by atoms with E-state index in [1.165, 1.54) is 5.56 Å². The zero-order valence-electron chi connectivity index (χ0n) is 16.4. The standard InChI is InChI=1S/C22H29N3O3/c1-23-22(24-12-5-6-13-26-17-18-8-3-2-4-9-18)25-19-10-11-20-21(16-19)28-15-7-14-27-20/h2-4,8-11,16H,5-7,12-15,17H2,1H3,(H2,23,24,25). The second-order valence-electron chi connectivity index (χ2n) is 6.58. The molecule has 0 amide bonds. The van der Waals surface area contributed by atoms with Gasteiger partial charge in [0.15, 0.2) is 17.5 Å². The minimum Gasteiger partial charge on any atom is -0.490 e. The number of unbranched alkanes of at least 4 members (excludes halogenated alkanes) is 1. The molecule has 2 aromatic rings. The maximum Gasteiger partial charge on any atom is 0.195 e. The monoisotopic (exact) mass is 383 g/mol. The molecule has 0 unspecified atom stereocenters. The summed E-state index contributed by atoms with van der Waals surface area (Å²) in [6.07, 6.45) is 2.91. The summed E-state index contributed by atoms with van der Waals surface area (Å²) in [5.74, 6) is 2.30. The van der Waals surface area contributed by atoms with Crippen LogP contribution in [0, 0.1) is 0 Å². The maximum atomic E-state index is 5.73. The lowest BCUT2D eigenvalue weighted by atomic mass is 10.2. The summed E-state index contributed by atoms with van der Waals surface area (Å²) in [5.41, 5.74) is 2.13. The molecule has 0 aromatic heterocycles. The number of hydrogen-bond acceptors (Lipinski definition) is 4. The Labute approximate surface area is 166 Å². The quantitative estimate of drug-likeness (QED) is 0.412. The van der Waals surface area contributed by atoms with Crippen molar-refractivity contribution in [3.05, 3.63) is 54.1 Å². The highest BCUT2D eigenvalue weighted by Gasteiger charge is 2.11. The molecule has 0 aliphatic carbocycles. The molecule has 0 radical (unpaired) electrons. The van der Waals surface area contributed by atoms with Crippen molar-refractivity contribution in [2.75, 3.05) is 38.7 Å². The van der Waals surface area contributed by atoms with Crippen molar-refractivity contribution in [1.29, 1.82) is 0 Å². The Bertz CT molecular complexity index is 750. The smallest absolute Gasteiger partial charge is 0.195 e. The number of ether oxygens (including phenoxy) is 3. The lowest BCUT2D eigenvalue weighted by molar-refractivity contribution is 0.117. The number of nitrogens with zero attached hydrogens (tertiary/aromatic N) is 1. The lowest BCUT2D eigenvalue weighted by Gasteiger charge is -2.14. The summed E-state index contributed by atoms with van der Waals surface area (Å²) in [7, 11) is 1.77. The summed E-state index contributed by atoms with van der Waals surface area (Å²) in [4.78, 5) is 4.28. The molecule has 0 atom stereocenters. The number of benzene rings is 2.